The topological polar surface area (TPSA) is 55.2 Å². The Kier molecular flexibility index (Phi) is 5.18. The fourth-order valence-corrected chi connectivity index (χ4v) is 3.31. The number of hydrogen-bond acceptors (Lipinski definition) is 3. The molecule has 132 valence electrons. The third-order valence-electron chi connectivity index (χ3n) is 4.44. The van der Waals surface area contributed by atoms with Crippen LogP contribution in [0, 0.1) is 5.82 Å². The molecule has 1 amide bonds. The average Bonchev–Trinajstić information content (AvgIpc) is 2.92. The van der Waals surface area contributed by atoms with E-state index in [1.165, 1.54) is 17.2 Å². The number of amides is 1. The summed E-state index contributed by atoms with van der Waals surface area (Å²) >= 11 is 6.01. The van der Waals surface area contributed by atoms with Crippen molar-refractivity contribution >= 4 is 29.6 Å². The van der Waals surface area contributed by atoms with Crippen LogP contribution in [0.25, 0.3) is 0 Å². The molecule has 0 aromatic carbocycles. The average molecular weight is 364 g/mol. The molecule has 0 N–H and O–H groups in total. The monoisotopic (exact) mass is 363 g/mol. The van der Waals surface area contributed by atoms with E-state index in [0.29, 0.717) is 31.4 Å². The second-order valence-corrected chi connectivity index (χ2v) is 6.48. The number of aldehydes is 1. The van der Waals surface area contributed by atoms with Crippen molar-refractivity contribution in [2.75, 3.05) is 11.4 Å². The summed E-state index contributed by atoms with van der Waals surface area (Å²) in [7, 11) is 0. The number of nitrogens with zero attached hydrogens (tertiary/aromatic N) is 3. The van der Waals surface area contributed by atoms with Gasteiger partial charge in [-0.1, -0.05) is 31.4 Å². The predicted octanol–water partition coefficient (Wildman–Crippen LogP) is 3.88. The Bertz CT molecular complexity index is 819. The summed E-state index contributed by atoms with van der Waals surface area (Å²) in [6.07, 6.45) is 7.30. The molecule has 3 heterocycles. The summed E-state index contributed by atoms with van der Waals surface area (Å²) in [5.41, 5.74) is 0.728. The standard InChI is InChI=1S/C18H19ClFN3O2/c1-2-3-4-5-12-10-22-8-9-23(18(25)16(22)15(12)20)17-13(11-24)14(19)6-7-21-17/h6-7,10-11H,2-5,8-9H2,1H3. The number of fused-ring (bicyclic) bond motifs is 1. The van der Waals surface area contributed by atoms with Crippen molar-refractivity contribution < 1.29 is 14.0 Å². The van der Waals surface area contributed by atoms with E-state index in [1.807, 2.05) is 0 Å². The minimum absolute atomic E-state index is 0.0244. The normalized spacial score (nSPS) is 13.9. The van der Waals surface area contributed by atoms with Gasteiger partial charge in [-0.3, -0.25) is 14.5 Å². The number of aromatic nitrogens is 2. The Balaban J connectivity index is 1.94. The summed E-state index contributed by atoms with van der Waals surface area (Å²) < 4.78 is 16.4. The summed E-state index contributed by atoms with van der Waals surface area (Å²) in [4.78, 5) is 29.6. The van der Waals surface area contributed by atoms with E-state index in [9.17, 15) is 14.0 Å². The molecule has 0 saturated heterocycles. The minimum atomic E-state index is -0.497. The first-order chi connectivity index (χ1) is 12.1. The van der Waals surface area contributed by atoms with Gasteiger partial charge < -0.3 is 4.57 Å². The van der Waals surface area contributed by atoms with Crippen molar-refractivity contribution in [3.8, 4) is 0 Å². The lowest BCUT2D eigenvalue weighted by Gasteiger charge is -2.28. The lowest BCUT2D eigenvalue weighted by molar-refractivity contribution is 0.0959. The molecule has 2 aromatic rings. The number of unbranched alkanes of at least 4 members (excludes halogenated alkanes) is 2. The molecule has 0 unspecified atom stereocenters. The zero-order valence-electron chi connectivity index (χ0n) is 14.0. The van der Waals surface area contributed by atoms with E-state index >= 15 is 0 Å². The molecule has 0 aliphatic carbocycles. The van der Waals surface area contributed by atoms with Crippen LogP contribution >= 0.6 is 11.6 Å². The maximum Gasteiger partial charge on any atom is 0.279 e. The van der Waals surface area contributed by atoms with Crippen molar-refractivity contribution in [1.82, 2.24) is 9.55 Å². The van der Waals surface area contributed by atoms with Crippen LogP contribution in [0.2, 0.25) is 5.02 Å². The zero-order chi connectivity index (χ0) is 18.0. The van der Waals surface area contributed by atoms with Crippen LogP contribution in [0.4, 0.5) is 10.2 Å². The van der Waals surface area contributed by atoms with Crippen LogP contribution in [0.3, 0.4) is 0 Å². The summed E-state index contributed by atoms with van der Waals surface area (Å²) in [5.74, 6) is -0.796. The van der Waals surface area contributed by atoms with Gasteiger partial charge >= 0.3 is 0 Å². The van der Waals surface area contributed by atoms with Gasteiger partial charge in [0.2, 0.25) is 0 Å². The molecule has 2 aromatic heterocycles. The van der Waals surface area contributed by atoms with Crippen LogP contribution in [0.15, 0.2) is 18.5 Å². The Morgan fingerprint density at radius 1 is 1.36 bits per heavy atom. The first-order valence-electron chi connectivity index (χ1n) is 8.37. The van der Waals surface area contributed by atoms with Crippen molar-refractivity contribution in [2.45, 2.75) is 39.2 Å². The highest BCUT2D eigenvalue weighted by molar-refractivity contribution is 6.33. The van der Waals surface area contributed by atoms with E-state index in [-0.39, 0.29) is 22.1 Å². The Morgan fingerprint density at radius 2 is 2.16 bits per heavy atom. The predicted molar refractivity (Wildman–Crippen MR) is 93.9 cm³/mol. The molecule has 0 fully saturated rings. The van der Waals surface area contributed by atoms with Gasteiger partial charge in [-0.15, -0.1) is 0 Å². The maximum absolute atomic E-state index is 14.8. The number of pyridine rings is 1. The van der Waals surface area contributed by atoms with Gasteiger partial charge in [0.25, 0.3) is 5.91 Å². The second kappa shape index (κ2) is 7.35. The molecular formula is C18H19ClFN3O2. The Hall–Kier alpha value is -2.21. The van der Waals surface area contributed by atoms with Gasteiger partial charge in [0.15, 0.2) is 12.1 Å². The van der Waals surface area contributed by atoms with Crippen molar-refractivity contribution in [2.24, 2.45) is 0 Å². The third kappa shape index (κ3) is 3.18. The lowest BCUT2D eigenvalue weighted by Crippen LogP contribution is -2.41. The van der Waals surface area contributed by atoms with Crippen LogP contribution in [0.1, 0.15) is 52.6 Å². The third-order valence-corrected chi connectivity index (χ3v) is 4.77. The molecule has 3 rings (SSSR count). The van der Waals surface area contributed by atoms with Crippen molar-refractivity contribution in [3.63, 3.8) is 0 Å². The number of halogens is 2. The summed E-state index contributed by atoms with van der Waals surface area (Å²) in [6, 6.07) is 1.48. The number of rotatable bonds is 6. The fourth-order valence-electron chi connectivity index (χ4n) is 3.12. The summed E-state index contributed by atoms with van der Waals surface area (Å²) in [6.45, 7) is 2.84. The molecule has 0 bridgehead atoms. The number of anilines is 1. The number of carbonyl (C=O) groups excluding carboxylic acids is 2. The number of aryl methyl sites for hydroxylation is 1. The highest BCUT2D eigenvalue weighted by Gasteiger charge is 2.33. The zero-order valence-corrected chi connectivity index (χ0v) is 14.7. The van der Waals surface area contributed by atoms with Gasteiger partial charge in [-0.25, -0.2) is 9.37 Å². The number of hydrogen-bond donors (Lipinski definition) is 0. The van der Waals surface area contributed by atoms with Crippen LogP contribution in [-0.4, -0.2) is 28.3 Å². The molecule has 0 spiro atoms. The molecule has 0 atom stereocenters. The molecule has 1 aliphatic heterocycles. The molecule has 7 heteroatoms. The fraction of sp³-hybridized carbons (Fsp3) is 0.389. The van der Waals surface area contributed by atoms with E-state index in [4.69, 9.17) is 11.6 Å². The first kappa shape index (κ1) is 17.6. The van der Waals surface area contributed by atoms with Crippen LogP contribution in [-0.2, 0) is 13.0 Å². The lowest BCUT2D eigenvalue weighted by atomic mass is 10.1. The minimum Gasteiger partial charge on any atom is -0.339 e. The molecule has 5 nitrogen and oxygen atoms in total. The van der Waals surface area contributed by atoms with Crippen LogP contribution < -0.4 is 4.90 Å². The maximum atomic E-state index is 14.8. The first-order valence-corrected chi connectivity index (χ1v) is 8.75. The number of carbonyl (C=O) groups is 2. The highest BCUT2D eigenvalue weighted by atomic mass is 35.5. The highest BCUT2D eigenvalue weighted by Crippen LogP contribution is 2.29. The van der Waals surface area contributed by atoms with E-state index in [0.717, 1.165) is 19.3 Å². The van der Waals surface area contributed by atoms with Crippen molar-refractivity contribution in [3.05, 3.63) is 46.1 Å². The van der Waals surface area contributed by atoms with Crippen molar-refractivity contribution in [1.29, 1.82) is 0 Å². The largest absolute Gasteiger partial charge is 0.339 e. The van der Waals surface area contributed by atoms with Gasteiger partial charge in [-0.2, -0.15) is 0 Å². The molecule has 0 radical (unpaired) electrons. The van der Waals surface area contributed by atoms with Gasteiger partial charge in [0.1, 0.15) is 11.5 Å². The molecular weight excluding hydrogens is 345 g/mol. The van der Waals surface area contributed by atoms with Gasteiger partial charge in [-0.05, 0) is 18.9 Å². The van der Waals surface area contributed by atoms with Crippen LogP contribution in [0.5, 0.6) is 0 Å². The SMILES string of the molecule is CCCCCc1cn2c(c1F)C(=O)N(c1nccc(Cl)c1C=O)CC2. The van der Waals surface area contributed by atoms with Gasteiger partial charge in [0, 0.05) is 31.0 Å². The Morgan fingerprint density at radius 3 is 2.88 bits per heavy atom. The molecule has 0 saturated carbocycles. The molecule has 25 heavy (non-hydrogen) atoms. The molecule has 1 aliphatic rings. The van der Waals surface area contributed by atoms with E-state index in [1.54, 1.807) is 10.8 Å². The smallest absolute Gasteiger partial charge is 0.279 e. The quantitative estimate of drug-likeness (QED) is 0.578. The van der Waals surface area contributed by atoms with E-state index < -0.39 is 11.7 Å². The second-order valence-electron chi connectivity index (χ2n) is 6.07. The van der Waals surface area contributed by atoms with Gasteiger partial charge in [0.05, 0.1) is 10.6 Å². The Labute approximate surface area is 150 Å². The summed E-state index contributed by atoms with van der Waals surface area (Å²) in [5, 5.41) is 0.217. The van der Waals surface area contributed by atoms with E-state index in [2.05, 4.69) is 11.9 Å².